The zero-order chi connectivity index (χ0) is 15.2. The maximum absolute atomic E-state index is 11.7. The van der Waals surface area contributed by atoms with E-state index >= 15 is 0 Å². The SMILES string of the molecule is Cc1cccc(OCC(=O)Oc2ccc(C=O)cc2)c1C. The lowest BCUT2D eigenvalue weighted by molar-refractivity contribution is -0.136. The molecule has 0 heterocycles. The molecule has 4 nitrogen and oxygen atoms in total. The molecule has 0 aliphatic rings. The standard InChI is InChI=1S/C17H16O4/c1-12-4-3-5-16(13(12)2)20-11-17(19)21-15-8-6-14(10-18)7-9-15/h3-10H,11H2,1-2H3. The van der Waals surface area contributed by atoms with Crippen LogP contribution in [0, 0.1) is 13.8 Å². The van der Waals surface area contributed by atoms with E-state index in [0.29, 0.717) is 17.1 Å². The molecule has 2 aromatic carbocycles. The Kier molecular flexibility index (Phi) is 4.72. The molecule has 0 bridgehead atoms. The molecule has 2 aromatic rings. The summed E-state index contributed by atoms with van der Waals surface area (Å²) in [5.74, 6) is 0.563. The molecule has 0 aromatic heterocycles. The van der Waals surface area contributed by atoms with Crippen molar-refractivity contribution in [3.63, 3.8) is 0 Å². The van der Waals surface area contributed by atoms with Crippen LogP contribution in [0.25, 0.3) is 0 Å². The normalized spacial score (nSPS) is 10.0. The lowest BCUT2D eigenvalue weighted by Crippen LogP contribution is -2.18. The van der Waals surface area contributed by atoms with Gasteiger partial charge in [-0.1, -0.05) is 12.1 Å². The highest BCUT2D eigenvalue weighted by Crippen LogP contribution is 2.20. The number of ether oxygens (including phenoxy) is 2. The minimum absolute atomic E-state index is 0.167. The second-order valence-corrected chi connectivity index (χ2v) is 4.65. The number of esters is 1. The lowest BCUT2D eigenvalue weighted by atomic mass is 10.1. The predicted molar refractivity (Wildman–Crippen MR) is 78.9 cm³/mol. The molecule has 2 rings (SSSR count). The summed E-state index contributed by atoms with van der Waals surface area (Å²) >= 11 is 0. The molecule has 0 spiro atoms. The van der Waals surface area contributed by atoms with Gasteiger partial charge in [0.2, 0.25) is 0 Å². The molecule has 108 valence electrons. The molecule has 21 heavy (non-hydrogen) atoms. The van der Waals surface area contributed by atoms with E-state index in [2.05, 4.69) is 0 Å². The second kappa shape index (κ2) is 6.70. The van der Waals surface area contributed by atoms with Gasteiger partial charge in [0.05, 0.1) is 0 Å². The smallest absolute Gasteiger partial charge is 0.349 e. The molecule has 0 fully saturated rings. The van der Waals surface area contributed by atoms with Crippen LogP contribution in [-0.2, 0) is 4.79 Å². The Labute approximate surface area is 123 Å². The lowest BCUT2D eigenvalue weighted by Gasteiger charge is -2.10. The molecular weight excluding hydrogens is 268 g/mol. The number of hydrogen-bond acceptors (Lipinski definition) is 4. The minimum Gasteiger partial charge on any atom is -0.482 e. The first kappa shape index (κ1) is 14.8. The Morgan fingerprint density at radius 3 is 2.48 bits per heavy atom. The average Bonchev–Trinajstić information content (AvgIpc) is 2.49. The van der Waals surface area contributed by atoms with Gasteiger partial charge in [-0.3, -0.25) is 4.79 Å². The molecule has 0 N–H and O–H groups in total. The van der Waals surface area contributed by atoms with Gasteiger partial charge in [0.25, 0.3) is 0 Å². The molecule has 0 atom stereocenters. The van der Waals surface area contributed by atoms with Crippen molar-refractivity contribution in [1.29, 1.82) is 0 Å². The summed E-state index contributed by atoms with van der Waals surface area (Å²) in [5.41, 5.74) is 2.63. The van der Waals surface area contributed by atoms with Crippen molar-refractivity contribution in [2.45, 2.75) is 13.8 Å². The number of aldehydes is 1. The number of carbonyl (C=O) groups is 2. The molecule has 0 saturated carbocycles. The van der Waals surface area contributed by atoms with Crippen LogP contribution in [0.15, 0.2) is 42.5 Å². The van der Waals surface area contributed by atoms with Crippen molar-refractivity contribution < 1.29 is 19.1 Å². The summed E-state index contributed by atoms with van der Waals surface area (Å²) in [6.45, 7) is 3.75. The van der Waals surface area contributed by atoms with E-state index < -0.39 is 5.97 Å². The fraction of sp³-hybridized carbons (Fsp3) is 0.176. The van der Waals surface area contributed by atoms with Crippen LogP contribution in [-0.4, -0.2) is 18.9 Å². The quantitative estimate of drug-likeness (QED) is 0.481. The predicted octanol–water partition coefficient (Wildman–Crippen LogP) is 3.10. The Morgan fingerprint density at radius 2 is 1.81 bits per heavy atom. The first-order chi connectivity index (χ1) is 10.1. The van der Waals surface area contributed by atoms with E-state index in [9.17, 15) is 9.59 Å². The third-order valence-electron chi connectivity index (χ3n) is 3.15. The van der Waals surface area contributed by atoms with Crippen molar-refractivity contribution >= 4 is 12.3 Å². The first-order valence-electron chi connectivity index (χ1n) is 6.55. The van der Waals surface area contributed by atoms with Gasteiger partial charge < -0.3 is 9.47 Å². The van der Waals surface area contributed by atoms with E-state index in [0.717, 1.165) is 17.4 Å². The molecule has 4 heteroatoms. The fourth-order valence-corrected chi connectivity index (χ4v) is 1.79. The molecule has 0 radical (unpaired) electrons. The van der Waals surface area contributed by atoms with E-state index in [1.165, 1.54) is 0 Å². The highest BCUT2D eigenvalue weighted by atomic mass is 16.6. The zero-order valence-electron chi connectivity index (χ0n) is 12.0. The third kappa shape index (κ3) is 3.92. The summed E-state index contributed by atoms with van der Waals surface area (Å²) in [6, 6.07) is 12.0. The van der Waals surface area contributed by atoms with E-state index in [1.807, 2.05) is 32.0 Å². The molecule has 0 aliphatic carbocycles. The number of aryl methyl sites for hydroxylation is 1. The third-order valence-corrected chi connectivity index (χ3v) is 3.15. The summed E-state index contributed by atoms with van der Waals surface area (Å²) in [5, 5.41) is 0. The van der Waals surface area contributed by atoms with Crippen molar-refractivity contribution in [1.82, 2.24) is 0 Å². The van der Waals surface area contributed by atoms with Crippen molar-refractivity contribution in [3.8, 4) is 11.5 Å². The Bertz CT molecular complexity index is 644. The molecule has 0 amide bonds. The van der Waals surface area contributed by atoms with Gasteiger partial charge in [-0.15, -0.1) is 0 Å². The van der Waals surface area contributed by atoms with E-state index in [1.54, 1.807) is 24.3 Å². The minimum atomic E-state index is -0.491. The monoisotopic (exact) mass is 284 g/mol. The molecule has 0 aliphatic heterocycles. The van der Waals surface area contributed by atoms with Crippen LogP contribution < -0.4 is 9.47 Å². The fourth-order valence-electron chi connectivity index (χ4n) is 1.79. The molecule has 0 saturated heterocycles. The average molecular weight is 284 g/mol. The van der Waals surface area contributed by atoms with Crippen molar-refractivity contribution in [3.05, 3.63) is 59.2 Å². The number of carbonyl (C=O) groups excluding carboxylic acids is 2. The van der Waals surface area contributed by atoms with Crippen LogP contribution in [0.4, 0.5) is 0 Å². The topological polar surface area (TPSA) is 52.6 Å². The van der Waals surface area contributed by atoms with Gasteiger partial charge in [-0.2, -0.15) is 0 Å². The van der Waals surface area contributed by atoms with Gasteiger partial charge in [0.15, 0.2) is 6.61 Å². The van der Waals surface area contributed by atoms with Crippen molar-refractivity contribution in [2.75, 3.05) is 6.61 Å². The molecular formula is C17H16O4. The maximum atomic E-state index is 11.7. The maximum Gasteiger partial charge on any atom is 0.349 e. The van der Waals surface area contributed by atoms with Gasteiger partial charge >= 0.3 is 5.97 Å². The number of benzene rings is 2. The van der Waals surface area contributed by atoms with Crippen LogP contribution in [0.2, 0.25) is 0 Å². The Balaban J connectivity index is 1.92. The largest absolute Gasteiger partial charge is 0.482 e. The summed E-state index contributed by atoms with van der Waals surface area (Å²) in [6.07, 6.45) is 0.731. The van der Waals surface area contributed by atoms with Crippen LogP contribution in [0.3, 0.4) is 0 Å². The zero-order valence-corrected chi connectivity index (χ0v) is 12.0. The highest BCUT2D eigenvalue weighted by molar-refractivity contribution is 5.76. The van der Waals surface area contributed by atoms with Crippen LogP contribution in [0.5, 0.6) is 11.5 Å². The van der Waals surface area contributed by atoms with Crippen LogP contribution in [0.1, 0.15) is 21.5 Å². The van der Waals surface area contributed by atoms with Crippen LogP contribution >= 0.6 is 0 Å². The second-order valence-electron chi connectivity index (χ2n) is 4.65. The van der Waals surface area contributed by atoms with Gasteiger partial charge in [-0.05, 0) is 55.3 Å². The number of rotatable bonds is 5. The summed E-state index contributed by atoms with van der Waals surface area (Å²) in [7, 11) is 0. The van der Waals surface area contributed by atoms with Gasteiger partial charge in [0, 0.05) is 5.56 Å². The van der Waals surface area contributed by atoms with E-state index in [-0.39, 0.29) is 6.61 Å². The van der Waals surface area contributed by atoms with E-state index in [4.69, 9.17) is 9.47 Å². The Hall–Kier alpha value is -2.62. The van der Waals surface area contributed by atoms with Crippen molar-refractivity contribution in [2.24, 2.45) is 0 Å². The van der Waals surface area contributed by atoms with Gasteiger partial charge in [0.1, 0.15) is 17.8 Å². The summed E-state index contributed by atoms with van der Waals surface area (Å²) < 4.78 is 10.6. The number of hydrogen-bond donors (Lipinski definition) is 0. The molecule has 0 unspecified atom stereocenters. The highest BCUT2D eigenvalue weighted by Gasteiger charge is 2.08. The first-order valence-corrected chi connectivity index (χ1v) is 6.55. The Morgan fingerprint density at radius 1 is 1.10 bits per heavy atom. The summed E-state index contributed by atoms with van der Waals surface area (Å²) in [4.78, 5) is 22.3. The van der Waals surface area contributed by atoms with Gasteiger partial charge in [-0.25, -0.2) is 4.79 Å².